The number of aromatic nitrogens is 2. The molecule has 1 aromatic heterocycles. The fourth-order valence-corrected chi connectivity index (χ4v) is 2.27. The van der Waals surface area contributed by atoms with E-state index in [9.17, 15) is 4.79 Å². The first-order chi connectivity index (χ1) is 12.5. The van der Waals surface area contributed by atoms with E-state index in [-0.39, 0.29) is 12.0 Å². The Morgan fingerprint density at radius 1 is 1.19 bits per heavy atom. The standard InChI is InChI=1S/C19H26N4O3/c1-13(2)26-16-8-6-15(7-9-16)22-19-21-14(3)12-17(23-19)18(24)20-10-5-11-25-4/h6-9,12-13H,5,10-11H2,1-4H3,(H,20,24)(H,21,22,23). The molecule has 0 spiro atoms. The van der Waals surface area contributed by atoms with Crippen LogP contribution in [0.3, 0.4) is 0 Å². The van der Waals surface area contributed by atoms with Crippen molar-refractivity contribution in [2.24, 2.45) is 0 Å². The summed E-state index contributed by atoms with van der Waals surface area (Å²) in [6.07, 6.45) is 0.876. The smallest absolute Gasteiger partial charge is 0.270 e. The lowest BCUT2D eigenvalue weighted by Crippen LogP contribution is -2.26. The van der Waals surface area contributed by atoms with E-state index >= 15 is 0 Å². The number of benzene rings is 1. The zero-order valence-electron chi connectivity index (χ0n) is 15.7. The number of methoxy groups -OCH3 is 1. The summed E-state index contributed by atoms with van der Waals surface area (Å²) >= 11 is 0. The van der Waals surface area contributed by atoms with E-state index in [0.717, 1.165) is 17.9 Å². The van der Waals surface area contributed by atoms with Crippen LogP contribution in [-0.2, 0) is 4.74 Å². The summed E-state index contributed by atoms with van der Waals surface area (Å²) < 4.78 is 10.6. The number of carbonyl (C=O) groups is 1. The Morgan fingerprint density at radius 3 is 2.58 bits per heavy atom. The second-order valence-electron chi connectivity index (χ2n) is 6.14. The van der Waals surface area contributed by atoms with Crippen molar-refractivity contribution in [3.05, 3.63) is 41.7 Å². The molecule has 2 aromatic rings. The zero-order valence-corrected chi connectivity index (χ0v) is 15.7. The van der Waals surface area contributed by atoms with Gasteiger partial charge in [0.25, 0.3) is 5.91 Å². The molecular weight excluding hydrogens is 332 g/mol. The Labute approximate surface area is 154 Å². The molecule has 7 nitrogen and oxygen atoms in total. The maximum absolute atomic E-state index is 12.2. The molecule has 1 heterocycles. The topological polar surface area (TPSA) is 85.4 Å². The van der Waals surface area contributed by atoms with Crippen molar-refractivity contribution in [2.45, 2.75) is 33.3 Å². The first-order valence-electron chi connectivity index (χ1n) is 8.64. The highest BCUT2D eigenvalue weighted by molar-refractivity contribution is 5.92. The lowest BCUT2D eigenvalue weighted by molar-refractivity contribution is 0.0943. The van der Waals surface area contributed by atoms with Crippen LogP contribution in [-0.4, -0.2) is 42.2 Å². The molecule has 0 saturated carbocycles. The number of aryl methyl sites for hydroxylation is 1. The van der Waals surface area contributed by atoms with Crippen molar-refractivity contribution < 1.29 is 14.3 Å². The first kappa shape index (κ1) is 19.7. The average molecular weight is 358 g/mol. The molecular formula is C19H26N4O3. The van der Waals surface area contributed by atoms with Gasteiger partial charge in [-0.15, -0.1) is 0 Å². The number of anilines is 2. The SMILES string of the molecule is COCCCNC(=O)c1cc(C)nc(Nc2ccc(OC(C)C)cc2)n1. The molecule has 0 saturated heterocycles. The van der Waals surface area contributed by atoms with Crippen LogP contribution in [0, 0.1) is 6.92 Å². The van der Waals surface area contributed by atoms with Crippen LogP contribution in [0.25, 0.3) is 0 Å². The van der Waals surface area contributed by atoms with Crippen LogP contribution < -0.4 is 15.4 Å². The molecule has 0 unspecified atom stereocenters. The normalized spacial score (nSPS) is 10.7. The minimum atomic E-state index is -0.227. The highest BCUT2D eigenvalue weighted by Crippen LogP contribution is 2.19. The lowest BCUT2D eigenvalue weighted by atomic mass is 10.3. The summed E-state index contributed by atoms with van der Waals surface area (Å²) in [5, 5.41) is 5.94. The van der Waals surface area contributed by atoms with Gasteiger partial charge in [-0.25, -0.2) is 9.97 Å². The van der Waals surface area contributed by atoms with E-state index < -0.39 is 0 Å². The Hall–Kier alpha value is -2.67. The Kier molecular flexibility index (Phi) is 7.35. The summed E-state index contributed by atoms with van der Waals surface area (Å²) in [5.41, 5.74) is 1.86. The molecule has 0 aliphatic heterocycles. The third kappa shape index (κ3) is 6.33. The number of nitrogens with one attached hydrogen (secondary N) is 2. The molecule has 0 aliphatic rings. The second-order valence-corrected chi connectivity index (χ2v) is 6.14. The van der Waals surface area contributed by atoms with Crippen molar-refractivity contribution in [2.75, 3.05) is 25.6 Å². The monoisotopic (exact) mass is 358 g/mol. The molecule has 26 heavy (non-hydrogen) atoms. The summed E-state index contributed by atoms with van der Waals surface area (Å²) in [6, 6.07) is 9.18. The maximum Gasteiger partial charge on any atom is 0.270 e. The molecule has 140 valence electrons. The summed E-state index contributed by atoms with van der Waals surface area (Å²) in [7, 11) is 1.63. The maximum atomic E-state index is 12.2. The van der Waals surface area contributed by atoms with Crippen LogP contribution in [0.2, 0.25) is 0 Å². The molecule has 1 aromatic carbocycles. The van der Waals surface area contributed by atoms with Gasteiger partial charge in [-0.3, -0.25) is 4.79 Å². The lowest BCUT2D eigenvalue weighted by Gasteiger charge is -2.11. The Morgan fingerprint density at radius 2 is 1.92 bits per heavy atom. The highest BCUT2D eigenvalue weighted by Gasteiger charge is 2.10. The number of carbonyl (C=O) groups excluding carboxylic acids is 1. The molecule has 7 heteroatoms. The molecule has 0 radical (unpaired) electrons. The molecule has 0 atom stereocenters. The van der Waals surface area contributed by atoms with Crippen molar-refractivity contribution in [1.29, 1.82) is 0 Å². The van der Waals surface area contributed by atoms with E-state index in [1.54, 1.807) is 13.2 Å². The molecule has 2 rings (SSSR count). The fourth-order valence-electron chi connectivity index (χ4n) is 2.27. The largest absolute Gasteiger partial charge is 0.491 e. The summed E-state index contributed by atoms with van der Waals surface area (Å²) in [6.45, 7) is 6.93. The number of amides is 1. The van der Waals surface area contributed by atoms with E-state index in [4.69, 9.17) is 9.47 Å². The number of rotatable bonds is 9. The molecule has 0 aliphatic carbocycles. The summed E-state index contributed by atoms with van der Waals surface area (Å²) in [5.74, 6) is 0.951. The molecule has 0 bridgehead atoms. The van der Waals surface area contributed by atoms with Crippen molar-refractivity contribution in [1.82, 2.24) is 15.3 Å². The minimum Gasteiger partial charge on any atom is -0.491 e. The van der Waals surface area contributed by atoms with Crippen molar-refractivity contribution in [3.8, 4) is 5.75 Å². The van der Waals surface area contributed by atoms with Gasteiger partial charge in [0, 0.05) is 31.6 Å². The number of nitrogens with zero attached hydrogens (tertiary/aromatic N) is 2. The van der Waals surface area contributed by atoms with E-state index in [0.29, 0.717) is 30.5 Å². The third-order valence-electron chi connectivity index (χ3n) is 3.38. The Bertz CT molecular complexity index is 717. The quantitative estimate of drug-likeness (QED) is 0.670. The van der Waals surface area contributed by atoms with Gasteiger partial charge in [0.05, 0.1) is 6.10 Å². The number of hydrogen-bond acceptors (Lipinski definition) is 6. The fraction of sp³-hybridized carbons (Fsp3) is 0.421. The molecule has 0 fully saturated rings. The predicted molar refractivity (Wildman–Crippen MR) is 101 cm³/mol. The molecule has 2 N–H and O–H groups in total. The summed E-state index contributed by atoms with van der Waals surface area (Å²) in [4.78, 5) is 20.9. The van der Waals surface area contributed by atoms with Crippen LogP contribution in [0.1, 0.15) is 36.5 Å². The van der Waals surface area contributed by atoms with Gasteiger partial charge in [-0.1, -0.05) is 0 Å². The van der Waals surface area contributed by atoms with Crippen molar-refractivity contribution >= 4 is 17.5 Å². The van der Waals surface area contributed by atoms with Gasteiger partial charge < -0.3 is 20.1 Å². The van der Waals surface area contributed by atoms with Crippen LogP contribution in [0.15, 0.2) is 30.3 Å². The second kappa shape index (κ2) is 9.72. The van der Waals surface area contributed by atoms with Crippen molar-refractivity contribution in [3.63, 3.8) is 0 Å². The zero-order chi connectivity index (χ0) is 18.9. The van der Waals surface area contributed by atoms with Crippen LogP contribution in [0.4, 0.5) is 11.6 Å². The van der Waals surface area contributed by atoms with Gasteiger partial charge >= 0.3 is 0 Å². The first-order valence-corrected chi connectivity index (χ1v) is 8.64. The predicted octanol–water partition coefficient (Wildman–Crippen LogP) is 3.08. The van der Waals surface area contributed by atoms with Crippen LogP contribution >= 0.6 is 0 Å². The van der Waals surface area contributed by atoms with Gasteiger partial charge in [-0.05, 0) is 57.5 Å². The third-order valence-corrected chi connectivity index (χ3v) is 3.38. The number of ether oxygens (including phenoxy) is 2. The van der Waals surface area contributed by atoms with Crippen LogP contribution in [0.5, 0.6) is 5.75 Å². The Balaban J connectivity index is 2.03. The van der Waals surface area contributed by atoms with E-state index in [1.165, 1.54) is 0 Å². The van der Waals surface area contributed by atoms with Gasteiger partial charge in [0.1, 0.15) is 11.4 Å². The van der Waals surface area contributed by atoms with Gasteiger partial charge in [-0.2, -0.15) is 0 Å². The highest BCUT2D eigenvalue weighted by atomic mass is 16.5. The van der Waals surface area contributed by atoms with Gasteiger partial charge in [0.2, 0.25) is 5.95 Å². The average Bonchev–Trinajstić information content (AvgIpc) is 2.59. The van der Waals surface area contributed by atoms with E-state index in [1.807, 2.05) is 45.0 Å². The van der Waals surface area contributed by atoms with E-state index in [2.05, 4.69) is 20.6 Å². The number of hydrogen-bond donors (Lipinski definition) is 2. The minimum absolute atomic E-state index is 0.124. The molecule has 1 amide bonds. The van der Waals surface area contributed by atoms with Gasteiger partial charge in [0.15, 0.2) is 0 Å².